The maximum atomic E-state index is 4.90. The SMILES string of the molecule is CCC(=Nc1ccccc1N=C(C)c1ccccc1)c1ccccc1. The normalized spacial score (nSPS) is 12.2. The summed E-state index contributed by atoms with van der Waals surface area (Å²) < 4.78 is 0. The van der Waals surface area contributed by atoms with Gasteiger partial charge < -0.3 is 0 Å². The van der Waals surface area contributed by atoms with E-state index in [1.165, 1.54) is 0 Å². The summed E-state index contributed by atoms with van der Waals surface area (Å²) in [5, 5.41) is 0. The zero-order valence-corrected chi connectivity index (χ0v) is 14.7. The first-order valence-electron chi connectivity index (χ1n) is 8.60. The fourth-order valence-corrected chi connectivity index (χ4v) is 2.70. The first-order chi connectivity index (χ1) is 12.3. The number of aliphatic imine (C=N–C) groups is 2. The molecule has 0 aliphatic carbocycles. The smallest absolute Gasteiger partial charge is 0.0889 e. The molecule has 0 radical (unpaired) electrons. The Morgan fingerprint density at radius 1 is 0.640 bits per heavy atom. The van der Waals surface area contributed by atoms with Crippen molar-refractivity contribution in [3.05, 3.63) is 96.1 Å². The van der Waals surface area contributed by atoms with Gasteiger partial charge in [-0.1, -0.05) is 79.7 Å². The molecule has 124 valence electrons. The standard InChI is InChI=1S/C23H22N2/c1-3-21(20-14-8-5-9-15-20)25-23-17-11-10-16-22(23)24-18(2)19-12-6-4-7-13-19/h4-17H,3H2,1-2H3. The largest absolute Gasteiger partial charge is 0.251 e. The van der Waals surface area contributed by atoms with Gasteiger partial charge in [0.1, 0.15) is 0 Å². The fourth-order valence-electron chi connectivity index (χ4n) is 2.70. The Bertz CT molecular complexity index is 878. The van der Waals surface area contributed by atoms with E-state index in [1.54, 1.807) is 0 Å². The lowest BCUT2D eigenvalue weighted by atomic mass is 10.1. The van der Waals surface area contributed by atoms with Gasteiger partial charge in [0.05, 0.1) is 11.4 Å². The number of nitrogens with zero attached hydrogens (tertiary/aromatic N) is 2. The van der Waals surface area contributed by atoms with Crippen LogP contribution in [0.5, 0.6) is 0 Å². The summed E-state index contributed by atoms with van der Waals surface area (Å²) in [6, 6.07) is 28.6. The highest BCUT2D eigenvalue weighted by Crippen LogP contribution is 2.29. The van der Waals surface area contributed by atoms with Crippen LogP contribution in [0.4, 0.5) is 11.4 Å². The number of benzene rings is 3. The van der Waals surface area contributed by atoms with Crippen LogP contribution in [0.1, 0.15) is 31.4 Å². The third-order valence-corrected chi connectivity index (χ3v) is 4.06. The second-order valence-electron chi connectivity index (χ2n) is 5.83. The average Bonchev–Trinajstić information content (AvgIpc) is 2.68. The van der Waals surface area contributed by atoms with E-state index in [0.717, 1.165) is 40.3 Å². The quantitative estimate of drug-likeness (QED) is 0.487. The Balaban J connectivity index is 2.00. The van der Waals surface area contributed by atoms with Gasteiger partial charge in [-0.25, -0.2) is 0 Å². The third-order valence-electron chi connectivity index (χ3n) is 4.06. The molecule has 2 nitrogen and oxygen atoms in total. The number of hydrogen-bond donors (Lipinski definition) is 0. The Labute approximate surface area is 149 Å². The molecule has 0 saturated heterocycles. The highest BCUT2D eigenvalue weighted by atomic mass is 14.8. The summed E-state index contributed by atoms with van der Waals surface area (Å²) in [6.07, 6.45) is 0.875. The van der Waals surface area contributed by atoms with Crippen LogP contribution in [0, 0.1) is 0 Å². The highest BCUT2D eigenvalue weighted by molar-refractivity contribution is 6.03. The van der Waals surface area contributed by atoms with Crippen LogP contribution >= 0.6 is 0 Å². The Hall–Kier alpha value is -3.00. The zero-order chi connectivity index (χ0) is 17.5. The average molecular weight is 326 g/mol. The Kier molecular flexibility index (Phi) is 5.53. The maximum Gasteiger partial charge on any atom is 0.0889 e. The molecular weight excluding hydrogens is 304 g/mol. The second kappa shape index (κ2) is 8.20. The van der Waals surface area contributed by atoms with Crippen molar-refractivity contribution in [1.82, 2.24) is 0 Å². The molecule has 0 aliphatic rings. The zero-order valence-electron chi connectivity index (χ0n) is 14.7. The summed E-state index contributed by atoms with van der Waals surface area (Å²) >= 11 is 0. The molecule has 3 rings (SSSR count). The molecular formula is C23H22N2. The van der Waals surface area contributed by atoms with Crippen molar-refractivity contribution >= 4 is 22.8 Å². The lowest BCUT2D eigenvalue weighted by Crippen LogP contribution is -1.98. The predicted octanol–water partition coefficient (Wildman–Crippen LogP) is 6.36. The van der Waals surface area contributed by atoms with Gasteiger partial charge in [-0.3, -0.25) is 9.98 Å². The van der Waals surface area contributed by atoms with Crippen molar-refractivity contribution < 1.29 is 0 Å². The van der Waals surface area contributed by atoms with Gasteiger partial charge in [-0.05, 0) is 36.6 Å². The molecule has 0 fully saturated rings. The predicted molar refractivity (Wildman–Crippen MR) is 108 cm³/mol. The molecule has 3 aromatic carbocycles. The molecule has 2 heteroatoms. The van der Waals surface area contributed by atoms with E-state index >= 15 is 0 Å². The van der Waals surface area contributed by atoms with Crippen LogP contribution in [0.2, 0.25) is 0 Å². The molecule has 0 aromatic heterocycles. The number of hydrogen-bond acceptors (Lipinski definition) is 2. The summed E-state index contributed by atoms with van der Waals surface area (Å²) in [5.74, 6) is 0. The van der Waals surface area contributed by atoms with Crippen molar-refractivity contribution in [2.75, 3.05) is 0 Å². The van der Waals surface area contributed by atoms with Crippen LogP contribution in [-0.2, 0) is 0 Å². The van der Waals surface area contributed by atoms with Crippen molar-refractivity contribution in [2.24, 2.45) is 9.98 Å². The van der Waals surface area contributed by atoms with E-state index < -0.39 is 0 Å². The molecule has 3 aromatic rings. The van der Waals surface area contributed by atoms with Gasteiger partial charge in [0.15, 0.2) is 0 Å². The van der Waals surface area contributed by atoms with E-state index in [1.807, 2.05) is 67.6 Å². The topological polar surface area (TPSA) is 24.7 Å². The molecule has 0 spiro atoms. The van der Waals surface area contributed by atoms with E-state index in [0.29, 0.717) is 0 Å². The van der Waals surface area contributed by atoms with Crippen LogP contribution < -0.4 is 0 Å². The van der Waals surface area contributed by atoms with Crippen molar-refractivity contribution in [3.63, 3.8) is 0 Å². The molecule has 0 bridgehead atoms. The minimum Gasteiger partial charge on any atom is -0.251 e. The van der Waals surface area contributed by atoms with Gasteiger partial charge in [0.25, 0.3) is 0 Å². The minimum absolute atomic E-state index is 0.875. The second-order valence-corrected chi connectivity index (χ2v) is 5.83. The maximum absolute atomic E-state index is 4.90. The first-order valence-corrected chi connectivity index (χ1v) is 8.60. The molecule has 0 N–H and O–H groups in total. The molecule has 0 heterocycles. The van der Waals surface area contributed by atoms with Crippen LogP contribution in [0.25, 0.3) is 0 Å². The highest BCUT2D eigenvalue weighted by Gasteiger charge is 2.05. The van der Waals surface area contributed by atoms with Gasteiger partial charge >= 0.3 is 0 Å². The molecule has 0 aliphatic heterocycles. The molecule has 25 heavy (non-hydrogen) atoms. The monoisotopic (exact) mass is 326 g/mol. The lowest BCUT2D eigenvalue weighted by molar-refractivity contribution is 1.26. The van der Waals surface area contributed by atoms with Crippen LogP contribution in [0.3, 0.4) is 0 Å². The van der Waals surface area contributed by atoms with E-state index in [4.69, 9.17) is 9.98 Å². The van der Waals surface area contributed by atoms with Crippen molar-refractivity contribution in [3.8, 4) is 0 Å². The van der Waals surface area contributed by atoms with Gasteiger partial charge in [0, 0.05) is 11.4 Å². The molecule has 0 saturated carbocycles. The van der Waals surface area contributed by atoms with Gasteiger partial charge in [-0.15, -0.1) is 0 Å². The first kappa shape index (κ1) is 16.8. The molecule has 0 atom stereocenters. The number of para-hydroxylation sites is 2. The number of rotatable bonds is 5. The summed E-state index contributed by atoms with van der Waals surface area (Å²) in [7, 11) is 0. The van der Waals surface area contributed by atoms with Crippen molar-refractivity contribution in [2.45, 2.75) is 20.3 Å². The van der Waals surface area contributed by atoms with Gasteiger partial charge in [-0.2, -0.15) is 0 Å². The van der Waals surface area contributed by atoms with Crippen LogP contribution in [-0.4, -0.2) is 11.4 Å². The third kappa shape index (κ3) is 4.30. The Morgan fingerprint density at radius 3 is 1.68 bits per heavy atom. The Morgan fingerprint density at radius 2 is 1.12 bits per heavy atom. The minimum atomic E-state index is 0.875. The van der Waals surface area contributed by atoms with E-state index in [-0.39, 0.29) is 0 Å². The summed E-state index contributed by atoms with van der Waals surface area (Å²) in [6.45, 7) is 4.17. The fraction of sp³-hybridized carbons (Fsp3) is 0.130. The van der Waals surface area contributed by atoms with Crippen molar-refractivity contribution in [1.29, 1.82) is 0 Å². The van der Waals surface area contributed by atoms with E-state index in [2.05, 4.69) is 31.2 Å². The van der Waals surface area contributed by atoms with E-state index in [9.17, 15) is 0 Å². The molecule has 0 unspecified atom stereocenters. The van der Waals surface area contributed by atoms with Crippen LogP contribution in [0.15, 0.2) is 94.9 Å². The summed E-state index contributed by atoms with van der Waals surface area (Å²) in [4.78, 5) is 9.72. The lowest BCUT2D eigenvalue weighted by Gasteiger charge is -2.07. The summed E-state index contributed by atoms with van der Waals surface area (Å²) in [5.41, 5.74) is 6.13. The van der Waals surface area contributed by atoms with Gasteiger partial charge in [0.2, 0.25) is 0 Å². The molecule has 0 amide bonds.